The predicted octanol–water partition coefficient (Wildman–Crippen LogP) is 4.40. The minimum atomic E-state index is -0.475. The van der Waals surface area contributed by atoms with Crippen molar-refractivity contribution in [2.24, 2.45) is 5.41 Å². The van der Waals surface area contributed by atoms with Gasteiger partial charge in [-0.3, -0.25) is 4.79 Å². The standard InChI is InChI=1S/C13H18FNO.C2H6/c1-5-9-6-7-10(14)8-11(9)15-12(16)13(2,3)4;1-2/h6-8H,5H2,1-4H3,(H,15,16);1-2H3. The lowest BCUT2D eigenvalue weighted by Gasteiger charge is -2.19. The molecule has 0 aliphatic rings. The van der Waals surface area contributed by atoms with Crippen LogP contribution in [0.25, 0.3) is 0 Å². The minimum Gasteiger partial charge on any atom is -0.325 e. The van der Waals surface area contributed by atoms with Crippen molar-refractivity contribution < 1.29 is 9.18 Å². The minimum absolute atomic E-state index is 0.104. The van der Waals surface area contributed by atoms with Crippen LogP contribution in [0, 0.1) is 11.2 Å². The fourth-order valence-corrected chi connectivity index (χ4v) is 1.28. The molecule has 1 amide bonds. The van der Waals surface area contributed by atoms with E-state index in [9.17, 15) is 9.18 Å². The fourth-order valence-electron chi connectivity index (χ4n) is 1.28. The molecule has 1 N–H and O–H groups in total. The van der Waals surface area contributed by atoms with E-state index in [1.54, 1.807) is 6.07 Å². The van der Waals surface area contributed by atoms with Gasteiger partial charge in [-0.25, -0.2) is 4.39 Å². The molecule has 0 aliphatic carbocycles. The molecule has 0 unspecified atom stereocenters. The van der Waals surface area contributed by atoms with Crippen molar-refractivity contribution in [3.8, 4) is 0 Å². The van der Waals surface area contributed by atoms with E-state index in [1.807, 2.05) is 41.5 Å². The molecule has 0 spiro atoms. The van der Waals surface area contributed by atoms with Crippen molar-refractivity contribution in [1.29, 1.82) is 0 Å². The molecule has 1 aromatic carbocycles. The molecule has 0 aliphatic heterocycles. The molecule has 0 atom stereocenters. The first kappa shape index (κ1) is 16.6. The number of carbonyl (C=O) groups excluding carboxylic acids is 1. The molecule has 3 heteroatoms. The summed E-state index contributed by atoms with van der Waals surface area (Å²) in [6.45, 7) is 11.5. The third-order valence-corrected chi connectivity index (χ3v) is 2.38. The van der Waals surface area contributed by atoms with Crippen LogP contribution in [0.3, 0.4) is 0 Å². The van der Waals surface area contributed by atoms with Crippen LogP contribution >= 0.6 is 0 Å². The molecule has 0 saturated carbocycles. The lowest BCUT2D eigenvalue weighted by molar-refractivity contribution is -0.123. The van der Waals surface area contributed by atoms with E-state index in [0.717, 1.165) is 12.0 Å². The van der Waals surface area contributed by atoms with Crippen molar-refractivity contribution in [2.45, 2.75) is 48.0 Å². The number of hydrogen-bond donors (Lipinski definition) is 1. The van der Waals surface area contributed by atoms with Crippen LogP contribution in [0.1, 0.15) is 47.1 Å². The monoisotopic (exact) mass is 253 g/mol. The van der Waals surface area contributed by atoms with Crippen LogP contribution in [0.2, 0.25) is 0 Å². The van der Waals surface area contributed by atoms with Crippen molar-refractivity contribution in [2.75, 3.05) is 5.32 Å². The molecule has 0 radical (unpaired) electrons. The number of carbonyl (C=O) groups is 1. The third-order valence-electron chi connectivity index (χ3n) is 2.38. The van der Waals surface area contributed by atoms with E-state index < -0.39 is 5.41 Å². The zero-order valence-electron chi connectivity index (χ0n) is 12.2. The molecule has 102 valence electrons. The largest absolute Gasteiger partial charge is 0.325 e. The number of anilines is 1. The van der Waals surface area contributed by atoms with Crippen LogP contribution in [-0.2, 0) is 11.2 Å². The Morgan fingerprint density at radius 1 is 1.28 bits per heavy atom. The Balaban J connectivity index is 0.00000137. The van der Waals surface area contributed by atoms with Crippen LogP contribution < -0.4 is 5.32 Å². The quantitative estimate of drug-likeness (QED) is 0.831. The molecule has 0 heterocycles. The highest BCUT2D eigenvalue weighted by atomic mass is 19.1. The van der Waals surface area contributed by atoms with Gasteiger partial charge in [-0.1, -0.05) is 47.6 Å². The van der Waals surface area contributed by atoms with Gasteiger partial charge in [0.2, 0.25) is 5.91 Å². The molecule has 18 heavy (non-hydrogen) atoms. The Bertz CT molecular complexity index is 394. The van der Waals surface area contributed by atoms with E-state index in [0.29, 0.717) is 5.69 Å². The average molecular weight is 253 g/mol. The van der Waals surface area contributed by atoms with Crippen molar-refractivity contribution in [1.82, 2.24) is 0 Å². The first-order valence-electron chi connectivity index (χ1n) is 6.44. The maximum Gasteiger partial charge on any atom is 0.229 e. The second-order valence-electron chi connectivity index (χ2n) is 4.86. The SMILES string of the molecule is CC.CCc1ccc(F)cc1NC(=O)C(C)(C)C. The Kier molecular flexibility index (Phi) is 6.60. The van der Waals surface area contributed by atoms with Crippen LogP contribution in [0.5, 0.6) is 0 Å². The lowest BCUT2D eigenvalue weighted by atomic mass is 9.95. The lowest BCUT2D eigenvalue weighted by Crippen LogP contribution is -2.28. The highest BCUT2D eigenvalue weighted by Crippen LogP contribution is 2.21. The van der Waals surface area contributed by atoms with Crippen LogP contribution in [-0.4, -0.2) is 5.91 Å². The molecule has 1 aromatic rings. The van der Waals surface area contributed by atoms with Crippen molar-refractivity contribution in [3.63, 3.8) is 0 Å². The summed E-state index contributed by atoms with van der Waals surface area (Å²) in [6, 6.07) is 4.47. The smallest absolute Gasteiger partial charge is 0.229 e. The number of rotatable bonds is 2. The summed E-state index contributed by atoms with van der Waals surface area (Å²) in [5.74, 6) is -0.436. The topological polar surface area (TPSA) is 29.1 Å². The summed E-state index contributed by atoms with van der Waals surface area (Å²) in [5, 5.41) is 2.76. The van der Waals surface area contributed by atoms with Gasteiger partial charge in [0.05, 0.1) is 0 Å². The van der Waals surface area contributed by atoms with E-state index in [-0.39, 0.29) is 11.7 Å². The van der Waals surface area contributed by atoms with E-state index in [2.05, 4.69) is 5.32 Å². The second kappa shape index (κ2) is 7.14. The summed E-state index contributed by atoms with van der Waals surface area (Å²) in [4.78, 5) is 11.8. The van der Waals surface area contributed by atoms with E-state index in [1.165, 1.54) is 12.1 Å². The van der Waals surface area contributed by atoms with Gasteiger partial charge in [-0.2, -0.15) is 0 Å². The first-order valence-corrected chi connectivity index (χ1v) is 6.44. The van der Waals surface area contributed by atoms with Gasteiger partial charge in [-0.05, 0) is 24.1 Å². The van der Waals surface area contributed by atoms with Gasteiger partial charge in [0.1, 0.15) is 5.82 Å². The second-order valence-corrected chi connectivity index (χ2v) is 4.86. The summed E-state index contributed by atoms with van der Waals surface area (Å²) in [7, 11) is 0. The number of hydrogen-bond acceptors (Lipinski definition) is 1. The molecule has 0 bridgehead atoms. The number of nitrogens with one attached hydrogen (secondary N) is 1. The molecule has 1 rings (SSSR count). The fraction of sp³-hybridized carbons (Fsp3) is 0.533. The average Bonchev–Trinajstić information content (AvgIpc) is 2.31. The normalized spacial score (nSPS) is 10.4. The van der Waals surface area contributed by atoms with E-state index >= 15 is 0 Å². The number of amides is 1. The third kappa shape index (κ3) is 4.86. The molecule has 0 saturated heterocycles. The summed E-state index contributed by atoms with van der Waals surface area (Å²) < 4.78 is 13.1. The molecule has 0 fully saturated rings. The number of aryl methyl sites for hydroxylation is 1. The Hall–Kier alpha value is -1.38. The molecular formula is C15H24FNO. The zero-order chi connectivity index (χ0) is 14.3. The Labute approximate surface area is 110 Å². The van der Waals surface area contributed by atoms with Gasteiger partial charge >= 0.3 is 0 Å². The summed E-state index contributed by atoms with van der Waals surface area (Å²) in [6.07, 6.45) is 0.764. The zero-order valence-corrected chi connectivity index (χ0v) is 12.2. The molecule has 2 nitrogen and oxygen atoms in total. The summed E-state index contributed by atoms with van der Waals surface area (Å²) in [5.41, 5.74) is 1.04. The van der Waals surface area contributed by atoms with Gasteiger partial charge < -0.3 is 5.32 Å². The molecular weight excluding hydrogens is 229 g/mol. The van der Waals surface area contributed by atoms with Gasteiger partial charge in [0, 0.05) is 11.1 Å². The first-order chi connectivity index (χ1) is 8.34. The van der Waals surface area contributed by atoms with Crippen molar-refractivity contribution in [3.05, 3.63) is 29.6 Å². The van der Waals surface area contributed by atoms with Crippen LogP contribution in [0.4, 0.5) is 10.1 Å². The summed E-state index contributed by atoms with van der Waals surface area (Å²) >= 11 is 0. The highest BCUT2D eigenvalue weighted by Gasteiger charge is 2.21. The Morgan fingerprint density at radius 3 is 2.28 bits per heavy atom. The van der Waals surface area contributed by atoms with Crippen LogP contribution in [0.15, 0.2) is 18.2 Å². The maximum absolute atomic E-state index is 13.1. The van der Waals surface area contributed by atoms with Crippen molar-refractivity contribution >= 4 is 11.6 Å². The Morgan fingerprint density at radius 2 is 1.83 bits per heavy atom. The van der Waals surface area contributed by atoms with E-state index in [4.69, 9.17) is 0 Å². The van der Waals surface area contributed by atoms with Gasteiger partial charge in [0.15, 0.2) is 0 Å². The van der Waals surface area contributed by atoms with Gasteiger partial charge in [-0.15, -0.1) is 0 Å². The number of halogens is 1. The van der Waals surface area contributed by atoms with Gasteiger partial charge in [0.25, 0.3) is 0 Å². The maximum atomic E-state index is 13.1. The predicted molar refractivity (Wildman–Crippen MR) is 75.2 cm³/mol. The number of benzene rings is 1. The highest BCUT2D eigenvalue weighted by molar-refractivity contribution is 5.95. The molecule has 0 aromatic heterocycles.